The number of likely N-dealkylation sites (tertiary alicyclic amines) is 1. The SMILES string of the molecule is CN1CC(=O)Nc2cc(CN3CCC(c4ccc(Cl)cc4)CC3)cnc21. The van der Waals surface area contributed by atoms with Crippen molar-refractivity contribution in [3.05, 3.63) is 52.7 Å². The second-order valence-corrected chi connectivity index (χ2v) is 7.66. The van der Waals surface area contributed by atoms with Crippen molar-refractivity contribution in [3.63, 3.8) is 0 Å². The minimum atomic E-state index is 0.0164. The molecule has 0 aliphatic carbocycles. The summed E-state index contributed by atoms with van der Waals surface area (Å²) >= 11 is 5.99. The first-order chi connectivity index (χ1) is 12.6. The molecular weight excluding hydrogens is 348 g/mol. The molecule has 2 aromatic rings. The average Bonchev–Trinajstić information content (AvgIpc) is 2.63. The minimum absolute atomic E-state index is 0.0164. The van der Waals surface area contributed by atoms with Crippen LogP contribution in [0.5, 0.6) is 0 Å². The third-order valence-electron chi connectivity index (χ3n) is 5.27. The highest BCUT2D eigenvalue weighted by molar-refractivity contribution is 6.30. The number of amides is 1. The van der Waals surface area contributed by atoms with Crippen molar-refractivity contribution in [2.24, 2.45) is 0 Å². The van der Waals surface area contributed by atoms with Gasteiger partial charge in [-0.2, -0.15) is 0 Å². The lowest BCUT2D eigenvalue weighted by Crippen LogP contribution is -2.36. The largest absolute Gasteiger partial charge is 0.349 e. The van der Waals surface area contributed by atoms with E-state index in [1.165, 1.54) is 5.56 Å². The van der Waals surface area contributed by atoms with Crippen LogP contribution in [0.15, 0.2) is 36.5 Å². The molecule has 1 saturated heterocycles. The molecule has 136 valence electrons. The van der Waals surface area contributed by atoms with Gasteiger partial charge in [0.25, 0.3) is 0 Å². The van der Waals surface area contributed by atoms with E-state index in [1.807, 2.05) is 30.3 Å². The molecule has 0 spiro atoms. The van der Waals surface area contributed by atoms with Crippen LogP contribution >= 0.6 is 11.6 Å². The Kier molecular flexibility index (Phi) is 4.83. The zero-order valence-electron chi connectivity index (χ0n) is 14.9. The molecule has 0 bridgehead atoms. The number of nitrogens with zero attached hydrogens (tertiary/aromatic N) is 3. The van der Waals surface area contributed by atoms with E-state index in [-0.39, 0.29) is 5.91 Å². The molecule has 4 rings (SSSR count). The van der Waals surface area contributed by atoms with Crippen LogP contribution in [-0.4, -0.2) is 42.5 Å². The summed E-state index contributed by atoms with van der Waals surface area (Å²) in [5, 5.41) is 3.72. The van der Waals surface area contributed by atoms with Gasteiger partial charge in [-0.25, -0.2) is 4.98 Å². The van der Waals surface area contributed by atoms with E-state index in [0.717, 1.165) is 54.6 Å². The van der Waals surface area contributed by atoms with Gasteiger partial charge in [0.05, 0.1) is 12.2 Å². The Bertz CT molecular complexity index is 800. The predicted molar refractivity (Wildman–Crippen MR) is 105 cm³/mol. The van der Waals surface area contributed by atoms with Crippen LogP contribution in [0.3, 0.4) is 0 Å². The summed E-state index contributed by atoms with van der Waals surface area (Å²) in [6.45, 7) is 3.36. The van der Waals surface area contributed by atoms with Crippen molar-refractivity contribution in [2.75, 3.05) is 36.9 Å². The van der Waals surface area contributed by atoms with E-state index in [9.17, 15) is 4.79 Å². The quantitative estimate of drug-likeness (QED) is 0.898. The number of hydrogen-bond donors (Lipinski definition) is 1. The van der Waals surface area contributed by atoms with Gasteiger partial charge in [-0.05, 0) is 61.2 Å². The Morgan fingerprint density at radius 3 is 2.69 bits per heavy atom. The van der Waals surface area contributed by atoms with E-state index < -0.39 is 0 Å². The van der Waals surface area contributed by atoms with Gasteiger partial charge in [0.1, 0.15) is 0 Å². The molecule has 2 aliphatic heterocycles. The van der Waals surface area contributed by atoms with Crippen LogP contribution in [0.1, 0.15) is 29.9 Å². The second-order valence-electron chi connectivity index (χ2n) is 7.22. The average molecular weight is 371 g/mol. The fourth-order valence-corrected chi connectivity index (χ4v) is 4.01. The van der Waals surface area contributed by atoms with Crippen molar-refractivity contribution < 1.29 is 4.79 Å². The van der Waals surface area contributed by atoms with E-state index in [1.54, 1.807) is 0 Å². The van der Waals surface area contributed by atoms with Gasteiger partial charge in [-0.3, -0.25) is 9.69 Å². The Balaban J connectivity index is 1.38. The molecule has 0 radical (unpaired) electrons. The lowest BCUT2D eigenvalue weighted by Gasteiger charge is -2.32. The maximum Gasteiger partial charge on any atom is 0.244 e. The fraction of sp³-hybridized carbons (Fsp3) is 0.400. The third kappa shape index (κ3) is 3.69. The second kappa shape index (κ2) is 7.25. The number of piperidine rings is 1. The van der Waals surface area contributed by atoms with Crippen LogP contribution in [-0.2, 0) is 11.3 Å². The van der Waals surface area contributed by atoms with Crippen LogP contribution in [0.4, 0.5) is 11.5 Å². The smallest absolute Gasteiger partial charge is 0.244 e. The highest BCUT2D eigenvalue weighted by Gasteiger charge is 2.23. The number of carbonyl (C=O) groups is 1. The molecule has 1 fully saturated rings. The maximum atomic E-state index is 11.7. The fourth-order valence-electron chi connectivity index (χ4n) is 3.88. The number of fused-ring (bicyclic) bond motifs is 1. The van der Waals surface area contributed by atoms with Crippen molar-refractivity contribution in [1.82, 2.24) is 9.88 Å². The molecule has 0 unspecified atom stereocenters. The van der Waals surface area contributed by atoms with Gasteiger partial charge < -0.3 is 10.2 Å². The number of rotatable bonds is 3. The summed E-state index contributed by atoms with van der Waals surface area (Å²) in [6.07, 6.45) is 4.23. The number of nitrogens with one attached hydrogen (secondary N) is 1. The van der Waals surface area contributed by atoms with E-state index in [0.29, 0.717) is 12.5 Å². The summed E-state index contributed by atoms with van der Waals surface area (Å²) in [5.74, 6) is 1.47. The normalized spacial score (nSPS) is 18.5. The van der Waals surface area contributed by atoms with Crippen molar-refractivity contribution in [3.8, 4) is 0 Å². The summed E-state index contributed by atoms with van der Waals surface area (Å²) in [5.41, 5.74) is 3.34. The lowest BCUT2D eigenvalue weighted by molar-refractivity contribution is -0.115. The van der Waals surface area contributed by atoms with Gasteiger partial charge in [-0.15, -0.1) is 0 Å². The van der Waals surface area contributed by atoms with Gasteiger partial charge in [-0.1, -0.05) is 23.7 Å². The number of benzene rings is 1. The molecule has 1 aromatic carbocycles. The van der Waals surface area contributed by atoms with Gasteiger partial charge in [0.15, 0.2) is 5.82 Å². The Labute approximate surface area is 159 Å². The molecular formula is C20H23ClN4O. The number of pyridine rings is 1. The van der Waals surface area contributed by atoms with Crippen molar-refractivity contribution in [1.29, 1.82) is 0 Å². The Morgan fingerprint density at radius 1 is 1.23 bits per heavy atom. The van der Waals surface area contributed by atoms with E-state index in [4.69, 9.17) is 11.6 Å². The molecule has 3 heterocycles. The molecule has 26 heavy (non-hydrogen) atoms. The molecule has 1 aromatic heterocycles. The maximum absolute atomic E-state index is 11.7. The third-order valence-corrected chi connectivity index (χ3v) is 5.53. The minimum Gasteiger partial charge on any atom is -0.349 e. The number of halogens is 1. The van der Waals surface area contributed by atoms with Crippen LogP contribution in [0.25, 0.3) is 0 Å². The molecule has 2 aliphatic rings. The van der Waals surface area contributed by atoms with Crippen LogP contribution in [0, 0.1) is 0 Å². The molecule has 5 nitrogen and oxygen atoms in total. The first kappa shape index (κ1) is 17.3. The number of anilines is 2. The summed E-state index contributed by atoms with van der Waals surface area (Å²) in [4.78, 5) is 20.6. The van der Waals surface area contributed by atoms with Crippen molar-refractivity contribution >= 4 is 29.0 Å². The van der Waals surface area contributed by atoms with Gasteiger partial charge in [0.2, 0.25) is 5.91 Å². The monoisotopic (exact) mass is 370 g/mol. The standard InChI is InChI=1S/C20H23ClN4O/c1-24-13-19(26)23-18-10-14(11-22-20(18)24)12-25-8-6-16(7-9-25)15-2-4-17(21)5-3-15/h2-5,10-11,16H,6-9,12-13H2,1H3,(H,23,26). The first-order valence-electron chi connectivity index (χ1n) is 9.06. The van der Waals surface area contributed by atoms with Crippen LogP contribution < -0.4 is 10.2 Å². The molecule has 1 amide bonds. The van der Waals surface area contributed by atoms with Crippen molar-refractivity contribution in [2.45, 2.75) is 25.3 Å². The number of hydrogen-bond acceptors (Lipinski definition) is 4. The molecule has 0 atom stereocenters. The molecule has 1 N–H and O–H groups in total. The predicted octanol–water partition coefficient (Wildman–Crippen LogP) is 3.50. The lowest BCUT2D eigenvalue weighted by atomic mass is 9.89. The van der Waals surface area contributed by atoms with Crippen LogP contribution in [0.2, 0.25) is 5.02 Å². The van der Waals surface area contributed by atoms with Gasteiger partial charge >= 0.3 is 0 Å². The number of aromatic nitrogens is 1. The zero-order valence-corrected chi connectivity index (χ0v) is 15.7. The summed E-state index contributed by atoms with van der Waals surface area (Å²) < 4.78 is 0. The number of carbonyl (C=O) groups excluding carboxylic acids is 1. The zero-order chi connectivity index (χ0) is 18.1. The summed E-state index contributed by atoms with van der Waals surface area (Å²) in [6, 6.07) is 10.3. The van der Waals surface area contributed by atoms with Gasteiger partial charge in [0, 0.05) is 24.8 Å². The summed E-state index contributed by atoms with van der Waals surface area (Å²) in [7, 11) is 1.89. The van der Waals surface area contributed by atoms with E-state index >= 15 is 0 Å². The topological polar surface area (TPSA) is 48.5 Å². The first-order valence-corrected chi connectivity index (χ1v) is 9.44. The Hall–Kier alpha value is -2.11. The highest BCUT2D eigenvalue weighted by atomic mass is 35.5. The highest BCUT2D eigenvalue weighted by Crippen LogP contribution is 2.31. The number of likely N-dealkylation sites (N-methyl/N-ethyl adjacent to an activating group) is 1. The molecule has 0 saturated carbocycles. The molecule has 6 heteroatoms. The van der Waals surface area contributed by atoms with E-state index in [2.05, 4.69) is 33.4 Å². The Morgan fingerprint density at radius 2 is 1.96 bits per heavy atom.